The molecular formula is C15H15BrN2O2. The lowest BCUT2D eigenvalue weighted by Crippen LogP contribution is -2.05. The molecule has 1 aliphatic carbocycles. The Morgan fingerprint density at radius 2 is 2.05 bits per heavy atom. The summed E-state index contributed by atoms with van der Waals surface area (Å²) >= 11 is 3.59. The number of carbonyl (C=O) groups is 1. The van der Waals surface area contributed by atoms with Crippen LogP contribution in [0.4, 0.5) is 0 Å². The van der Waals surface area contributed by atoms with Crippen LogP contribution < -0.4 is 0 Å². The summed E-state index contributed by atoms with van der Waals surface area (Å²) in [5.41, 5.74) is 3.66. The van der Waals surface area contributed by atoms with E-state index < -0.39 is 0 Å². The Balaban J connectivity index is 2.25. The minimum atomic E-state index is -0.302. The van der Waals surface area contributed by atoms with Gasteiger partial charge in [-0.05, 0) is 47.8 Å². The fourth-order valence-corrected chi connectivity index (χ4v) is 3.44. The van der Waals surface area contributed by atoms with Crippen LogP contribution in [0.3, 0.4) is 0 Å². The molecule has 0 amide bonds. The fraction of sp³-hybridized carbons (Fsp3) is 0.333. The first-order valence-electron chi connectivity index (χ1n) is 6.54. The van der Waals surface area contributed by atoms with Crippen molar-refractivity contribution >= 4 is 21.9 Å². The van der Waals surface area contributed by atoms with Crippen molar-refractivity contribution in [1.82, 2.24) is 9.55 Å². The molecule has 0 spiro atoms. The average molecular weight is 335 g/mol. The number of methoxy groups -OCH3 is 1. The molecule has 2 aromatic heterocycles. The van der Waals surface area contributed by atoms with Crippen LogP contribution in [0.2, 0.25) is 0 Å². The number of pyridine rings is 1. The van der Waals surface area contributed by atoms with Gasteiger partial charge in [0.25, 0.3) is 0 Å². The van der Waals surface area contributed by atoms with E-state index in [1.54, 1.807) is 12.4 Å². The van der Waals surface area contributed by atoms with E-state index in [1.807, 2.05) is 19.1 Å². The fourth-order valence-electron chi connectivity index (χ4n) is 2.58. The van der Waals surface area contributed by atoms with Crippen LogP contribution in [0.1, 0.15) is 34.9 Å². The maximum atomic E-state index is 12.0. The number of carbonyl (C=O) groups excluding carboxylic acids is 1. The van der Waals surface area contributed by atoms with Crippen LogP contribution >= 0.6 is 15.9 Å². The summed E-state index contributed by atoms with van der Waals surface area (Å²) in [6.45, 7) is 1.97. The van der Waals surface area contributed by atoms with Crippen molar-refractivity contribution in [2.24, 2.45) is 0 Å². The number of ether oxygens (including phenoxy) is 1. The third kappa shape index (κ3) is 2.06. The van der Waals surface area contributed by atoms with E-state index in [0.717, 1.165) is 34.3 Å². The molecule has 0 N–H and O–H groups in total. The Labute approximate surface area is 125 Å². The first kappa shape index (κ1) is 13.4. The summed E-state index contributed by atoms with van der Waals surface area (Å²) in [7, 11) is 1.41. The molecule has 20 heavy (non-hydrogen) atoms. The van der Waals surface area contributed by atoms with Crippen molar-refractivity contribution in [3.63, 3.8) is 0 Å². The van der Waals surface area contributed by atoms with Crippen LogP contribution in [0.15, 0.2) is 29.0 Å². The minimum Gasteiger partial charge on any atom is -0.465 e. The molecule has 1 fully saturated rings. The van der Waals surface area contributed by atoms with Crippen LogP contribution in [0.5, 0.6) is 0 Å². The van der Waals surface area contributed by atoms with E-state index >= 15 is 0 Å². The number of aromatic nitrogens is 2. The molecule has 104 valence electrons. The third-order valence-corrected chi connectivity index (χ3v) is 4.42. The number of hydrogen-bond donors (Lipinski definition) is 0. The van der Waals surface area contributed by atoms with Gasteiger partial charge < -0.3 is 9.30 Å². The monoisotopic (exact) mass is 334 g/mol. The van der Waals surface area contributed by atoms with Gasteiger partial charge in [-0.3, -0.25) is 4.98 Å². The van der Waals surface area contributed by atoms with Gasteiger partial charge in [0.15, 0.2) is 0 Å². The van der Waals surface area contributed by atoms with Crippen LogP contribution in [0.25, 0.3) is 11.3 Å². The largest absolute Gasteiger partial charge is 0.465 e. The quantitative estimate of drug-likeness (QED) is 0.803. The second kappa shape index (κ2) is 5.05. The second-order valence-electron chi connectivity index (χ2n) is 4.95. The second-order valence-corrected chi connectivity index (χ2v) is 5.74. The highest BCUT2D eigenvalue weighted by atomic mass is 79.9. The highest BCUT2D eigenvalue weighted by Gasteiger charge is 2.33. The van der Waals surface area contributed by atoms with E-state index in [-0.39, 0.29) is 5.97 Å². The van der Waals surface area contributed by atoms with Crippen LogP contribution in [-0.2, 0) is 4.74 Å². The molecule has 3 rings (SSSR count). The summed E-state index contributed by atoms with van der Waals surface area (Å²) in [6.07, 6.45) is 5.83. The van der Waals surface area contributed by atoms with Crippen molar-refractivity contribution in [1.29, 1.82) is 0 Å². The van der Waals surface area contributed by atoms with Gasteiger partial charge in [-0.25, -0.2) is 4.79 Å². The molecule has 0 aliphatic heterocycles. The SMILES string of the molecule is COC(=O)c1c(Br)c(-c2ccncc2)n(C2CC2)c1C. The Morgan fingerprint density at radius 1 is 1.40 bits per heavy atom. The highest BCUT2D eigenvalue weighted by Crippen LogP contribution is 2.45. The van der Waals surface area contributed by atoms with Crippen molar-refractivity contribution < 1.29 is 9.53 Å². The smallest absolute Gasteiger partial charge is 0.340 e. The van der Waals surface area contributed by atoms with Gasteiger partial charge >= 0.3 is 5.97 Å². The van der Waals surface area contributed by atoms with Gasteiger partial charge in [0.05, 0.1) is 22.8 Å². The molecule has 1 saturated carbocycles. The predicted octanol–water partition coefficient (Wildman–Crippen LogP) is 3.74. The number of rotatable bonds is 3. The minimum absolute atomic E-state index is 0.302. The standard InChI is InChI=1S/C15H15BrN2O2/c1-9-12(15(19)20-2)13(16)14(18(9)11-3-4-11)10-5-7-17-8-6-10/h5-8,11H,3-4H2,1-2H3. The van der Waals surface area contributed by atoms with Gasteiger partial charge in [-0.2, -0.15) is 0 Å². The first-order chi connectivity index (χ1) is 9.65. The van der Waals surface area contributed by atoms with E-state index in [2.05, 4.69) is 25.5 Å². The Morgan fingerprint density at radius 3 is 2.60 bits per heavy atom. The van der Waals surface area contributed by atoms with E-state index in [0.29, 0.717) is 11.6 Å². The summed E-state index contributed by atoms with van der Waals surface area (Å²) in [4.78, 5) is 16.1. The molecule has 0 radical (unpaired) electrons. The molecular weight excluding hydrogens is 320 g/mol. The van der Waals surface area contributed by atoms with Crippen LogP contribution in [-0.4, -0.2) is 22.6 Å². The number of hydrogen-bond acceptors (Lipinski definition) is 3. The predicted molar refractivity (Wildman–Crippen MR) is 79.7 cm³/mol. The Bertz CT molecular complexity index is 660. The maximum Gasteiger partial charge on any atom is 0.340 e. The maximum absolute atomic E-state index is 12.0. The van der Waals surface area contributed by atoms with Gasteiger partial charge in [0, 0.05) is 29.7 Å². The molecule has 2 aromatic rings. The lowest BCUT2D eigenvalue weighted by Gasteiger charge is -2.10. The van der Waals surface area contributed by atoms with E-state index in [9.17, 15) is 4.79 Å². The van der Waals surface area contributed by atoms with Crippen molar-refractivity contribution in [3.8, 4) is 11.3 Å². The van der Waals surface area contributed by atoms with Gasteiger partial charge in [-0.15, -0.1) is 0 Å². The third-order valence-electron chi connectivity index (χ3n) is 3.65. The molecule has 0 bridgehead atoms. The number of halogens is 1. The molecule has 0 atom stereocenters. The van der Waals surface area contributed by atoms with Gasteiger partial charge in [0.1, 0.15) is 0 Å². The highest BCUT2D eigenvalue weighted by molar-refractivity contribution is 9.10. The van der Waals surface area contributed by atoms with Crippen molar-refractivity contribution in [2.75, 3.05) is 7.11 Å². The summed E-state index contributed by atoms with van der Waals surface area (Å²) in [5.74, 6) is -0.302. The Kier molecular flexibility index (Phi) is 3.38. The summed E-state index contributed by atoms with van der Waals surface area (Å²) in [5, 5.41) is 0. The van der Waals surface area contributed by atoms with Crippen molar-refractivity contribution in [3.05, 3.63) is 40.3 Å². The molecule has 5 heteroatoms. The molecule has 2 heterocycles. The molecule has 0 saturated heterocycles. The molecule has 0 aromatic carbocycles. The molecule has 0 unspecified atom stereocenters. The number of nitrogens with zero attached hydrogens (tertiary/aromatic N) is 2. The van der Waals surface area contributed by atoms with Gasteiger partial charge in [0.2, 0.25) is 0 Å². The molecule has 4 nitrogen and oxygen atoms in total. The Hall–Kier alpha value is -1.62. The zero-order valence-corrected chi connectivity index (χ0v) is 13.0. The van der Waals surface area contributed by atoms with Crippen molar-refractivity contribution in [2.45, 2.75) is 25.8 Å². The summed E-state index contributed by atoms with van der Waals surface area (Å²) in [6, 6.07) is 4.40. The van der Waals surface area contributed by atoms with Gasteiger partial charge in [-0.1, -0.05) is 0 Å². The van der Waals surface area contributed by atoms with Crippen LogP contribution in [0, 0.1) is 6.92 Å². The lowest BCUT2D eigenvalue weighted by molar-refractivity contribution is 0.0599. The van der Waals surface area contributed by atoms with E-state index in [4.69, 9.17) is 4.74 Å². The average Bonchev–Trinajstić information content (AvgIpc) is 3.25. The zero-order valence-electron chi connectivity index (χ0n) is 11.4. The molecule has 1 aliphatic rings. The topological polar surface area (TPSA) is 44.1 Å². The normalized spacial score (nSPS) is 14.3. The zero-order chi connectivity index (χ0) is 14.3. The lowest BCUT2D eigenvalue weighted by atomic mass is 10.2. The summed E-state index contributed by atoms with van der Waals surface area (Å²) < 4.78 is 7.95. The first-order valence-corrected chi connectivity index (χ1v) is 7.33. The number of esters is 1. The van der Waals surface area contributed by atoms with E-state index in [1.165, 1.54) is 7.11 Å².